The molecule has 6 heteroatoms. The number of benzene rings is 2. The summed E-state index contributed by atoms with van der Waals surface area (Å²) >= 11 is 0. The number of aliphatic imine (C=N–C) groups is 1. The lowest BCUT2D eigenvalue weighted by atomic mass is 9.89. The third kappa shape index (κ3) is 6.96. The van der Waals surface area contributed by atoms with Crippen LogP contribution in [0.2, 0.25) is 0 Å². The zero-order valence-electron chi connectivity index (χ0n) is 17.9. The molecule has 1 saturated heterocycles. The van der Waals surface area contributed by atoms with Gasteiger partial charge in [-0.05, 0) is 37.8 Å². The van der Waals surface area contributed by atoms with Gasteiger partial charge in [0.15, 0.2) is 5.96 Å². The van der Waals surface area contributed by atoms with E-state index in [0.29, 0.717) is 5.92 Å². The van der Waals surface area contributed by atoms with Gasteiger partial charge in [-0.1, -0.05) is 60.7 Å². The van der Waals surface area contributed by atoms with Gasteiger partial charge in [-0.3, -0.25) is 0 Å². The lowest BCUT2D eigenvalue weighted by molar-refractivity contribution is -0.0265. The second-order valence-electron chi connectivity index (χ2n) is 7.82. The highest BCUT2D eigenvalue weighted by atomic mass is 127. The quantitative estimate of drug-likeness (QED) is 0.289. The van der Waals surface area contributed by atoms with E-state index >= 15 is 0 Å². The van der Waals surface area contributed by atoms with Crippen LogP contribution < -0.4 is 10.6 Å². The maximum Gasteiger partial charge on any atom is 0.191 e. The summed E-state index contributed by atoms with van der Waals surface area (Å²) in [6.45, 7) is 6.49. The molecular weight excluding hydrogens is 489 g/mol. The molecule has 5 nitrogen and oxygen atoms in total. The average molecular weight is 523 g/mol. The summed E-state index contributed by atoms with van der Waals surface area (Å²) in [5, 5.41) is 17.6. The number of nitrogens with zero attached hydrogens (tertiary/aromatic N) is 1. The molecule has 0 bridgehead atoms. The lowest BCUT2D eigenvalue weighted by Crippen LogP contribution is -2.42. The summed E-state index contributed by atoms with van der Waals surface area (Å²) in [6, 6.07) is 20.1. The van der Waals surface area contributed by atoms with Crippen LogP contribution in [0.25, 0.3) is 0 Å². The van der Waals surface area contributed by atoms with Crippen LogP contribution >= 0.6 is 24.0 Å². The SMILES string of the molecule is CCNC(=NCC(C)(O)c1ccccc1)NCC1CCCOC1c1ccccc1.I. The van der Waals surface area contributed by atoms with Crippen LogP contribution in [0, 0.1) is 5.92 Å². The predicted molar refractivity (Wildman–Crippen MR) is 133 cm³/mol. The Hall–Kier alpha value is -1.64. The van der Waals surface area contributed by atoms with Crippen LogP contribution in [0.15, 0.2) is 65.7 Å². The van der Waals surface area contributed by atoms with Gasteiger partial charge in [0, 0.05) is 25.6 Å². The van der Waals surface area contributed by atoms with Crippen LogP contribution in [-0.4, -0.2) is 37.3 Å². The molecule has 1 heterocycles. The fourth-order valence-corrected chi connectivity index (χ4v) is 3.75. The lowest BCUT2D eigenvalue weighted by Gasteiger charge is -2.32. The summed E-state index contributed by atoms with van der Waals surface area (Å²) in [6.07, 6.45) is 2.30. The first-order chi connectivity index (χ1) is 14.1. The molecule has 2 aromatic carbocycles. The molecule has 1 aliphatic rings. The number of hydrogen-bond donors (Lipinski definition) is 3. The van der Waals surface area contributed by atoms with Gasteiger partial charge in [0.1, 0.15) is 5.60 Å². The van der Waals surface area contributed by atoms with Crippen molar-refractivity contribution in [2.24, 2.45) is 10.9 Å². The van der Waals surface area contributed by atoms with Crippen molar-refractivity contribution in [3.8, 4) is 0 Å². The molecular formula is C24H34IN3O2. The van der Waals surface area contributed by atoms with Crippen LogP contribution in [0.5, 0.6) is 0 Å². The van der Waals surface area contributed by atoms with Crippen LogP contribution in [0.4, 0.5) is 0 Å². The van der Waals surface area contributed by atoms with Gasteiger partial charge < -0.3 is 20.5 Å². The molecule has 30 heavy (non-hydrogen) atoms. The standard InChI is InChI=1S/C24H33N3O2.HI/c1-3-25-23(27-18-24(2,28)21-14-8-5-9-15-21)26-17-20-13-10-16-29-22(20)19-11-6-4-7-12-19;/h4-9,11-12,14-15,20,22,28H,3,10,13,16-18H2,1-2H3,(H2,25,26,27);1H. The number of hydrogen-bond acceptors (Lipinski definition) is 3. The molecule has 3 rings (SSSR count). The van der Waals surface area contributed by atoms with Gasteiger partial charge in [-0.25, -0.2) is 4.99 Å². The predicted octanol–water partition coefficient (Wildman–Crippen LogP) is 4.24. The van der Waals surface area contributed by atoms with Gasteiger partial charge >= 0.3 is 0 Å². The van der Waals surface area contributed by atoms with E-state index in [1.54, 1.807) is 6.92 Å². The van der Waals surface area contributed by atoms with Crippen molar-refractivity contribution in [2.45, 2.75) is 38.4 Å². The Morgan fingerprint density at radius 1 is 1.10 bits per heavy atom. The second-order valence-corrected chi connectivity index (χ2v) is 7.82. The summed E-state index contributed by atoms with van der Waals surface area (Å²) in [5.74, 6) is 1.10. The molecule has 3 unspecified atom stereocenters. The molecule has 0 aliphatic carbocycles. The normalized spacial score (nSPS) is 21.2. The van der Waals surface area contributed by atoms with Crippen molar-refractivity contribution >= 4 is 29.9 Å². The van der Waals surface area contributed by atoms with E-state index in [1.165, 1.54) is 5.56 Å². The van der Waals surface area contributed by atoms with Crippen molar-refractivity contribution < 1.29 is 9.84 Å². The van der Waals surface area contributed by atoms with E-state index in [0.717, 1.165) is 44.1 Å². The molecule has 0 spiro atoms. The van der Waals surface area contributed by atoms with Crippen LogP contribution in [-0.2, 0) is 10.3 Å². The Balaban J connectivity index is 0.00000320. The highest BCUT2D eigenvalue weighted by Crippen LogP contribution is 2.33. The zero-order chi connectivity index (χ0) is 20.5. The van der Waals surface area contributed by atoms with E-state index < -0.39 is 5.60 Å². The largest absolute Gasteiger partial charge is 0.384 e. The van der Waals surface area contributed by atoms with E-state index in [-0.39, 0.29) is 36.6 Å². The minimum atomic E-state index is -1.01. The summed E-state index contributed by atoms with van der Waals surface area (Å²) in [5.41, 5.74) is 1.09. The van der Waals surface area contributed by atoms with E-state index in [1.807, 2.05) is 43.3 Å². The third-order valence-corrected chi connectivity index (χ3v) is 5.39. The topological polar surface area (TPSA) is 65.9 Å². The van der Waals surface area contributed by atoms with Crippen LogP contribution in [0.1, 0.15) is 43.9 Å². The second kappa shape index (κ2) is 12.3. The van der Waals surface area contributed by atoms with Crippen molar-refractivity contribution in [1.29, 1.82) is 0 Å². The molecule has 0 saturated carbocycles. The molecule has 1 fully saturated rings. The first-order valence-electron chi connectivity index (χ1n) is 10.6. The third-order valence-electron chi connectivity index (χ3n) is 5.39. The van der Waals surface area contributed by atoms with Gasteiger partial charge in [-0.2, -0.15) is 0 Å². The fourth-order valence-electron chi connectivity index (χ4n) is 3.75. The van der Waals surface area contributed by atoms with Gasteiger partial charge in [0.25, 0.3) is 0 Å². The zero-order valence-corrected chi connectivity index (χ0v) is 20.2. The first-order valence-corrected chi connectivity index (χ1v) is 10.6. The number of guanidine groups is 1. The van der Waals surface area contributed by atoms with Gasteiger partial charge in [0.2, 0.25) is 0 Å². The molecule has 3 N–H and O–H groups in total. The highest BCUT2D eigenvalue weighted by Gasteiger charge is 2.28. The number of ether oxygens (including phenoxy) is 1. The monoisotopic (exact) mass is 523 g/mol. The number of halogens is 1. The Bertz CT molecular complexity index is 769. The van der Waals surface area contributed by atoms with Gasteiger partial charge in [0.05, 0.1) is 12.6 Å². The average Bonchev–Trinajstić information content (AvgIpc) is 2.77. The maximum absolute atomic E-state index is 10.8. The number of rotatable bonds is 7. The minimum Gasteiger partial charge on any atom is -0.384 e. The maximum atomic E-state index is 10.8. The smallest absolute Gasteiger partial charge is 0.191 e. The minimum absolute atomic E-state index is 0. The Morgan fingerprint density at radius 2 is 1.77 bits per heavy atom. The van der Waals surface area contributed by atoms with E-state index in [2.05, 4.69) is 39.9 Å². The first kappa shape index (κ1) is 24.6. The van der Waals surface area contributed by atoms with Crippen molar-refractivity contribution in [3.05, 3.63) is 71.8 Å². The molecule has 1 aliphatic heterocycles. The Labute approximate surface area is 197 Å². The summed E-state index contributed by atoms with van der Waals surface area (Å²) < 4.78 is 6.10. The molecule has 0 amide bonds. The van der Waals surface area contributed by atoms with Crippen LogP contribution in [0.3, 0.4) is 0 Å². The molecule has 0 radical (unpaired) electrons. The number of aliphatic hydroxyl groups is 1. The summed E-state index contributed by atoms with van der Waals surface area (Å²) in [4.78, 5) is 4.65. The van der Waals surface area contributed by atoms with Crippen molar-refractivity contribution in [1.82, 2.24) is 10.6 Å². The van der Waals surface area contributed by atoms with Crippen molar-refractivity contribution in [3.63, 3.8) is 0 Å². The van der Waals surface area contributed by atoms with E-state index in [4.69, 9.17) is 4.74 Å². The van der Waals surface area contributed by atoms with E-state index in [9.17, 15) is 5.11 Å². The number of nitrogens with one attached hydrogen (secondary N) is 2. The highest BCUT2D eigenvalue weighted by molar-refractivity contribution is 14.0. The Kier molecular flexibility index (Phi) is 10.1. The van der Waals surface area contributed by atoms with Crippen molar-refractivity contribution in [2.75, 3.05) is 26.2 Å². The fraction of sp³-hybridized carbons (Fsp3) is 0.458. The summed E-state index contributed by atoms with van der Waals surface area (Å²) in [7, 11) is 0. The van der Waals surface area contributed by atoms with Gasteiger partial charge in [-0.15, -0.1) is 24.0 Å². The molecule has 3 atom stereocenters. The molecule has 2 aromatic rings. The molecule has 164 valence electrons. The Morgan fingerprint density at radius 3 is 2.43 bits per heavy atom. The molecule has 0 aromatic heterocycles.